The lowest BCUT2D eigenvalue weighted by molar-refractivity contribution is 0.121. The van der Waals surface area contributed by atoms with Gasteiger partial charge >= 0.3 is 6.03 Å². The minimum atomic E-state index is -0.123. The van der Waals surface area contributed by atoms with Crippen molar-refractivity contribution in [3.63, 3.8) is 0 Å². The fourth-order valence-corrected chi connectivity index (χ4v) is 5.78. The molecule has 0 bridgehead atoms. The van der Waals surface area contributed by atoms with Crippen LogP contribution in [0.2, 0.25) is 0 Å². The second kappa shape index (κ2) is 7.87. The molecule has 7 heteroatoms. The number of anilines is 1. The van der Waals surface area contributed by atoms with E-state index in [1.807, 2.05) is 22.5 Å². The zero-order valence-electron chi connectivity index (χ0n) is 17.3. The Balaban J connectivity index is 1.27. The van der Waals surface area contributed by atoms with Crippen LogP contribution < -0.4 is 10.2 Å². The Hall–Kier alpha value is -2.09. The summed E-state index contributed by atoms with van der Waals surface area (Å²) in [6.07, 6.45) is 4.01. The van der Waals surface area contributed by atoms with Gasteiger partial charge in [0.05, 0.1) is 27.8 Å². The average molecular weight is 439 g/mol. The molecule has 0 radical (unpaired) electrons. The molecule has 3 aromatic rings. The Morgan fingerprint density at radius 3 is 2.83 bits per heavy atom. The number of nitrogens with zero attached hydrogens (tertiary/aromatic N) is 3. The summed E-state index contributed by atoms with van der Waals surface area (Å²) in [5.74, 6) is 0. The minimum absolute atomic E-state index is 0.0312. The molecule has 5 nitrogen and oxygen atoms in total. The highest BCUT2D eigenvalue weighted by Crippen LogP contribution is 2.35. The summed E-state index contributed by atoms with van der Waals surface area (Å²) in [6.45, 7) is 4.99. The Labute approximate surface area is 185 Å². The lowest BCUT2D eigenvalue weighted by Gasteiger charge is -2.41. The van der Waals surface area contributed by atoms with Crippen LogP contribution in [0.15, 0.2) is 52.9 Å². The van der Waals surface area contributed by atoms with Crippen molar-refractivity contribution >= 4 is 45.0 Å². The first-order valence-corrected chi connectivity index (χ1v) is 12.5. The van der Waals surface area contributed by atoms with Crippen LogP contribution >= 0.6 is 23.1 Å². The van der Waals surface area contributed by atoms with Crippen LogP contribution in [-0.4, -0.2) is 47.3 Å². The number of hydrogen-bond donors (Lipinski definition) is 1. The summed E-state index contributed by atoms with van der Waals surface area (Å²) in [4.78, 5) is 22.9. The monoisotopic (exact) mass is 438 g/mol. The van der Waals surface area contributed by atoms with Crippen molar-refractivity contribution in [3.05, 3.63) is 53.5 Å². The summed E-state index contributed by atoms with van der Waals surface area (Å²) in [7, 11) is 0. The quantitative estimate of drug-likeness (QED) is 0.573. The zero-order chi connectivity index (χ0) is 20.7. The van der Waals surface area contributed by atoms with Crippen LogP contribution in [0.5, 0.6) is 0 Å². The van der Waals surface area contributed by atoms with E-state index >= 15 is 0 Å². The molecule has 30 heavy (non-hydrogen) atoms. The Morgan fingerprint density at radius 2 is 2.03 bits per heavy atom. The van der Waals surface area contributed by atoms with Crippen molar-refractivity contribution < 1.29 is 4.79 Å². The van der Waals surface area contributed by atoms with Gasteiger partial charge in [-0.1, -0.05) is 12.1 Å². The van der Waals surface area contributed by atoms with E-state index in [9.17, 15) is 4.79 Å². The Kier molecular flexibility index (Phi) is 5.21. The topological polar surface area (TPSA) is 48.5 Å². The molecule has 0 saturated carbocycles. The standard InChI is InChI=1S/C23H26N4OS2/c1-16(17-6-7-21-20(12-17)24-15-30-21)26-10-8-23(9-11-26)14-27(22(28)25-23)18-4-3-5-19(13-18)29-2/h3-7,12-13,15-16H,8-11,14H2,1-2H3,(H,25,28). The number of hydrogen-bond acceptors (Lipinski definition) is 5. The van der Waals surface area contributed by atoms with Gasteiger partial charge in [0, 0.05) is 29.7 Å². The number of carbonyl (C=O) groups is 1. The van der Waals surface area contributed by atoms with E-state index in [1.165, 1.54) is 15.2 Å². The Bertz CT molecular complexity index is 1070. The average Bonchev–Trinajstić information content (AvgIpc) is 3.37. The fraction of sp³-hybridized carbons (Fsp3) is 0.391. The molecule has 3 heterocycles. The largest absolute Gasteiger partial charge is 0.330 e. The van der Waals surface area contributed by atoms with Gasteiger partial charge in [0.2, 0.25) is 0 Å². The molecular formula is C23H26N4OS2. The molecular weight excluding hydrogens is 412 g/mol. The predicted octanol–water partition coefficient (Wildman–Crippen LogP) is 5.14. The van der Waals surface area contributed by atoms with Gasteiger partial charge in [-0.15, -0.1) is 23.1 Å². The number of benzene rings is 2. The lowest BCUT2D eigenvalue weighted by atomic mass is 9.87. The number of piperidine rings is 1. The van der Waals surface area contributed by atoms with E-state index in [2.05, 4.69) is 58.7 Å². The van der Waals surface area contributed by atoms with Crippen LogP contribution in [0.25, 0.3) is 10.2 Å². The molecule has 2 aromatic carbocycles. The van der Waals surface area contributed by atoms with Crippen LogP contribution in [0.3, 0.4) is 0 Å². The molecule has 2 fully saturated rings. The van der Waals surface area contributed by atoms with Gasteiger partial charge in [-0.05, 0) is 61.9 Å². The fourth-order valence-electron chi connectivity index (χ4n) is 4.66. The number of aromatic nitrogens is 1. The van der Waals surface area contributed by atoms with Crippen LogP contribution in [0, 0.1) is 0 Å². The number of urea groups is 1. The zero-order valence-corrected chi connectivity index (χ0v) is 18.9. The molecule has 1 atom stereocenters. The lowest BCUT2D eigenvalue weighted by Crippen LogP contribution is -2.52. The van der Waals surface area contributed by atoms with Gasteiger partial charge in [-0.3, -0.25) is 9.80 Å². The van der Waals surface area contributed by atoms with Gasteiger partial charge in [-0.25, -0.2) is 9.78 Å². The number of fused-ring (bicyclic) bond motifs is 1. The molecule has 5 rings (SSSR count). The van der Waals surface area contributed by atoms with Crippen molar-refractivity contribution in [3.8, 4) is 0 Å². The van der Waals surface area contributed by atoms with Crippen LogP contribution in [0.4, 0.5) is 10.5 Å². The maximum absolute atomic E-state index is 12.8. The first-order chi connectivity index (χ1) is 14.6. The third kappa shape index (κ3) is 3.59. The molecule has 2 amide bonds. The smallest absolute Gasteiger partial charge is 0.322 e. The normalized spacial score (nSPS) is 20.1. The molecule has 1 spiro atoms. The molecule has 2 saturated heterocycles. The number of rotatable bonds is 4. The summed E-state index contributed by atoms with van der Waals surface area (Å²) in [6, 6.07) is 15.3. The molecule has 2 aliphatic rings. The van der Waals surface area contributed by atoms with E-state index in [0.717, 1.165) is 43.7 Å². The number of nitrogens with one attached hydrogen (secondary N) is 1. The van der Waals surface area contributed by atoms with Gasteiger partial charge in [0.15, 0.2) is 0 Å². The summed E-state index contributed by atoms with van der Waals surface area (Å²) >= 11 is 3.39. The van der Waals surface area contributed by atoms with E-state index < -0.39 is 0 Å². The first-order valence-electron chi connectivity index (χ1n) is 10.4. The molecule has 1 aromatic heterocycles. The number of amides is 2. The molecule has 1 unspecified atom stereocenters. The first kappa shape index (κ1) is 19.8. The molecule has 0 aliphatic carbocycles. The van der Waals surface area contributed by atoms with Crippen molar-refractivity contribution in [2.45, 2.75) is 36.2 Å². The number of thioether (sulfide) groups is 1. The highest BCUT2D eigenvalue weighted by molar-refractivity contribution is 7.98. The molecule has 156 valence electrons. The predicted molar refractivity (Wildman–Crippen MR) is 126 cm³/mol. The second-order valence-electron chi connectivity index (χ2n) is 8.29. The van der Waals surface area contributed by atoms with Crippen molar-refractivity contribution in [1.82, 2.24) is 15.2 Å². The number of thiazole rings is 1. The van der Waals surface area contributed by atoms with Crippen LogP contribution in [-0.2, 0) is 0 Å². The highest BCUT2D eigenvalue weighted by Gasteiger charge is 2.45. The van der Waals surface area contributed by atoms with E-state index in [4.69, 9.17) is 0 Å². The van der Waals surface area contributed by atoms with E-state index in [1.54, 1.807) is 23.1 Å². The maximum Gasteiger partial charge on any atom is 0.322 e. The summed E-state index contributed by atoms with van der Waals surface area (Å²) in [5, 5.41) is 3.32. The van der Waals surface area contributed by atoms with Gasteiger partial charge in [0.1, 0.15) is 0 Å². The molecule has 2 aliphatic heterocycles. The highest BCUT2D eigenvalue weighted by atomic mass is 32.2. The third-order valence-electron chi connectivity index (χ3n) is 6.58. The van der Waals surface area contributed by atoms with Crippen molar-refractivity contribution in [1.29, 1.82) is 0 Å². The third-order valence-corrected chi connectivity index (χ3v) is 8.12. The van der Waals surface area contributed by atoms with Crippen LogP contribution in [0.1, 0.15) is 31.4 Å². The maximum atomic E-state index is 12.8. The number of likely N-dealkylation sites (tertiary alicyclic amines) is 1. The number of carbonyl (C=O) groups excluding carboxylic acids is 1. The van der Waals surface area contributed by atoms with Gasteiger partial charge in [0.25, 0.3) is 0 Å². The van der Waals surface area contributed by atoms with Crippen molar-refractivity contribution in [2.24, 2.45) is 0 Å². The minimum Gasteiger partial charge on any atom is -0.330 e. The summed E-state index contributed by atoms with van der Waals surface area (Å²) in [5.41, 5.74) is 5.18. The van der Waals surface area contributed by atoms with E-state index in [0.29, 0.717) is 6.04 Å². The Morgan fingerprint density at radius 1 is 1.20 bits per heavy atom. The van der Waals surface area contributed by atoms with Gasteiger partial charge < -0.3 is 5.32 Å². The SMILES string of the molecule is CSc1cccc(N2CC3(CCN(C(C)c4ccc5scnc5c4)CC3)NC2=O)c1. The second-order valence-corrected chi connectivity index (χ2v) is 10.1. The molecule has 1 N–H and O–H groups in total. The van der Waals surface area contributed by atoms with Gasteiger partial charge in [-0.2, -0.15) is 0 Å². The summed E-state index contributed by atoms with van der Waals surface area (Å²) < 4.78 is 1.24. The van der Waals surface area contributed by atoms with E-state index in [-0.39, 0.29) is 11.6 Å². The van der Waals surface area contributed by atoms with Crippen molar-refractivity contribution in [2.75, 3.05) is 30.8 Å².